The molecule has 0 saturated carbocycles. The van der Waals surface area contributed by atoms with Crippen LogP contribution in [0.3, 0.4) is 0 Å². The lowest BCUT2D eigenvalue weighted by atomic mass is 10.2. The third-order valence-electron chi connectivity index (χ3n) is 4.58. The normalized spacial score (nSPS) is 10.1. The standard InChI is InChI=1S/C24H25N3O5/c1-30-20-10-8-18(9-11-20)27-24(29)16-4-6-17(7-5-16)25-15-23(28)26-19-12-21(31-2)14-22(13-19)32-3/h4-14,25H,15H2,1-3H3,(H,26,28)(H,27,29). The molecule has 3 aromatic carbocycles. The maximum Gasteiger partial charge on any atom is 0.255 e. The van der Waals surface area contributed by atoms with Crippen LogP contribution >= 0.6 is 0 Å². The molecule has 0 saturated heterocycles. The van der Waals surface area contributed by atoms with Crippen molar-refractivity contribution in [1.29, 1.82) is 0 Å². The Kier molecular flexibility index (Phi) is 7.53. The molecule has 8 nitrogen and oxygen atoms in total. The first-order valence-corrected chi connectivity index (χ1v) is 9.83. The van der Waals surface area contributed by atoms with Crippen molar-refractivity contribution in [3.05, 3.63) is 72.3 Å². The molecule has 0 spiro atoms. The van der Waals surface area contributed by atoms with Crippen LogP contribution in [0.2, 0.25) is 0 Å². The van der Waals surface area contributed by atoms with Crippen molar-refractivity contribution >= 4 is 28.9 Å². The highest BCUT2D eigenvalue weighted by Gasteiger charge is 2.08. The zero-order chi connectivity index (χ0) is 22.9. The van der Waals surface area contributed by atoms with Gasteiger partial charge in [0.25, 0.3) is 5.91 Å². The van der Waals surface area contributed by atoms with E-state index < -0.39 is 0 Å². The summed E-state index contributed by atoms with van der Waals surface area (Å²) in [5.74, 6) is 1.41. The molecule has 3 rings (SSSR count). The van der Waals surface area contributed by atoms with Gasteiger partial charge in [-0.05, 0) is 48.5 Å². The highest BCUT2D eigenvalue weighted by molar-refractivity contribution is 6.04. The molecule has 2 amide bonds. The van der Waals surface area contributed by atoms with Gasteiger partial charge < -0.3 is 30.2 Å². The molecule has 8 heteroatoms. The van der Waals surface area contributed by atoms with Gasteiger partial charge in [-0.15, -0.1) is 0 Å². The minimum absolute atomic E-state index is 0.0525. The molecule has 0 radical (unpaired) electrons. The fourth-order valence-electron chi connectivity index (χ4n) is 2.88. The Morgan fingerprint density at radius 3 is 1.78 bits per heavy atom. The van der Waals surface area contributed by atoms with Crippen molar-refractivity contribution in [3.63, 3.8) is 0 Å². The van der Waals surface area contributed by atoms with Gasteiger partial charge in [0, 0.05) is 40.8 Å². The van der Waals surface area contributed by atoms with E-state index in [4.69, 9.17) is 14.2 Å². The Morgan fingerprint density at radius 2 is 1.22 bits per heavy atom. The SMILES string of the molecule is COc1ccc(NC(=O)c2ccc(NCC(=O)Nc3cc(OC)cc(OC)c3)cc2)cc1. The van der Waals surface area contributed by atoms with Gasteiger partial charge in [-0.25, -0.2) is 0 Å². The fraction of sp³-hybridized carbons (Fsp3) is 0.167. The number of amides is 2. The smallest absolute Gasteiger partial charge is 0.255 e. The summed E-state index contributed by atoms with van der Waals surface area (Å²) in [5, 5.41) is 8.65. The average molecular weight is 435 g/mol. The van der Waals surface area contributed by atoms with E-state index in [1.165, 1.54) is 0 Å². The molecule has 0 aromatic heterocycles. The Hall–Kier alpha value is -4.20. The molecule has 0 heterocycles. The second kappa shape index (κ2) is 10.7. The van der Waals surface area contributed by atoms with E-state index in [1.807, 2.05) is 0 Å². The van der Waals surface area contributed by atoms with Gasteiger partial charge in [0.05, 0.1) is 27.9 Å². The van der Waals surface area contributed by atoms with Crippen molar-refractivity contribution in [3.8, 4) is 17.2 Å². The number of ether oxygens (including phenoxy) is 3. The molecule has 0 aliphatic heterocycles. The lowest BCUT2D eigenvalue weighted by Gasteiger charge is -2.11. The lowest BCUT2D eigenvalue weighted by molar-refractivity contribution is -0.114. The molecule has 0 fully saturated rings. The monoisotopic (exact) mass is 435 g/mol. The molecule has 3 N–H and O–H groups in total. The second-order valence-electron chi connectivity index (χ2n) is 6.76. The number of hydrogen-bond donors (Lipinski definition) is 3. The van der Waals surface area contributed by atoms with Crippen LogP contribution in [-0.2, 0) is 4.79 Å². The Morgan fingerprint density at radius 1 is 0.656 bits per heavy atom. The van der Waals surface area contributed by atoms with Crippen LogP contribution in [0.1, 0.15) is 10.4 Å². The Balaban J connectivity index is 1.53. The first kappa shape index (κ1) is 22.5. The fourth-order valence-corrected chi connectivity index (χ4v) is 2.88. The summed E-state index contributed by atoms with van der Waals surface area (Å²) in [4.78, 5) is 24.7. The summed E-state index contributed by atoms with van der Waals surface area (Å²) in [6.45, 7) is 0.0525. The summed E-state index contributed by atoms with van der Waals surface area (Å²) in [6.07, 6.45) is 0. The number of carbonyl (C=O) groups is 2. The molecule has 166 valence electrons. The molecule has 32 heavy (non-hydrogen) atoms. The number of methoxy groups -OCH3 is 3. The molecule has 0 bridgehead atoms. The topological polar surface area (TPSA) is 97.9 Å². The summed E-state index contributed by atoms with van der Waals surface area (Å²) in [5.41, 5.74) is 2.45. The van der Waals surface area contributed by atoms with Gasteiger partial charge in [0.15, 0.2) is 0 Å². The number of nitrogens with one attached hydrogen (secondary N) is 3. The van der Waals surface area contributed by atoms with E-state index in [1.54, 1.807) is 88.1 Å². The predicted molar refractivity (Wildman–Crippen MR) is 124 cm³/mol. The van der Waals surface area contributed by atoms with Crippen molar-refractivity contribution < 1.29 is 23.8 Å². The van der Waals surface area contributed by atoms with Crippen LogP contribution in [-0.4, -0.2) is 39.7 Å². The van der Waals surface area contributed by atoms with E-state index in [-0.39, 0.29) is 18.4 Å². The van der Waals surface area contributed by atoms with Gasteiger partial charge in [0.2, 0.25) is 5.91 Å². The van der Waals surface area contributed by atoms with Crippen molar-refractivity contribution in [2.75, 3.05) is 43.8 Å². The Labute approximate surface area is 186 Å². The van der Waals surface area contributed by atoms with Gasteiger partial charge >= 0.3 is 0 Å². The van der Waals surface area contributed by atoms with E-state index in [2.05, 4.69) is 16.0 Å². The first-order chi connectivity index (χ1) is 15.5. The number of benzene rings is 3. The van der Waals surface area contributed by atoms with E-state index >= 15 is 0 Å². The second-order valence-corrected chi connectivity index (χ2v) is 6.76. The third-order valence-corrected chi connectivity index (χ3v) is 4.58. The molecule has 0 atom stereocenters. The van der Waals surface area contributed by atoms with Gasteiger partial charge in [-0.3, -0.25) is 9.59 Å². The number of anilines is 3. The predicted octanol–water partition coefficient (Wildman–Crippen LogP) is 4.02. The van der Waals surface area contributed by atoms with Gasteiger partial charge in [-0.2, -0.15) is 0 Å². The third kappa shape index (κ3) is 6.15. The maximum absolute atomic E-state index is 12.4. The molecular formula is C24H25N3O5. The van der Waals surface area contributed by atoms with Gasteiger partial charge in [0.1, 0.15) is 17.2 Å². The van der Waals surface area contributed by atoms with Crippen molar-refractivity contribution in [1.82, 2.24) is 0 Å². The molecule has 0 aliphatic carbocycles. The zero-order valence-electron chi connectivity index (χ0n) is 18.1. The first-order valence-electron chi connectivity index (χ1n) is 9.83. The molecule has 0 unspecified atom stereocenters. The summed E-state index contributed by atoms with van der Waals surface area (Å²) in [6, 6.07) is 19.1. The van der Waals surface area contributed by atoms with E-state index in [0.29, 0.717) is 39.9 Å². The summed E-state index contributed by atoms with van der Waals surface area (Å²) >= 11 is 0. The number of carbonyl (C=O) groups excluding carboxylic acids is 2. The molecule has 3 aromatic rings. The van der Waals surface area contributed by atoms with Gasteiger partial charge in [-0.1, -0.05) is 0 Å². The van der Waals surface area contributed by atoms with Crippen molar-refractivity contribution in [2.45, 2.75) is 0 Å². The highest BCUT2D eigenvalue weighted by atomic mass is 16.5. The van der Waals surface area contributed by atoms with Crippen LogP contribution < -0.4 is 30.2 Å². The highest BCUT2D eigenvalue weighted by Crippen LogP contribution is 2.25. The van der Waals surface area contributed by atoms with E-state index in [0.717, 1.165) is 0 Å². The maximum atomic E-state index is 12.4. The average Bonchev–Trinajstić information content (AvgIpc) is 2.83. The zero-order valence-corrected chi connectivity index (χ0v) is 18.1. The summed E-state index contributed by atoms with van der Waals surface area (Å²) in [7, 11) is 4.68. The largest absolute Gasteiger partial charge is 0.497 e. The lowest BCUT2D eigenvalue weighted by Crippen LogP contribution is -2.21. The molecular weight excluding hydrogens is 410 g/mol. The summed E-state index contributed by atoms with van der Waals surface area (Å²) < 4.78 is 15.5. The van der Waals surface area contributed by atoms with Crippen LogP contribution in [0.15, 0.2) is 66.7 Å². The Bertz CT molecular complexity index is 1040. The van der Waals surface area contributed by atoms with Crippen LogP contribution in [0, 0.1) is 0 Å². The van der Waals surface area contributed by atoms with Crippen LogP contribution in [0.4, 0.5) is 17.1 Å². The molecule has 0 aliphatic rings. The van der Waals surface area contributed by atoms with Crippen LogP contribution in [0.5, 0.6) is 17.2 Å². The van der Waals surface area contributed by atoms with E-state index in [9.17, 15) is 9.59 Å². The van der Waals surface area contributed by atoms with Crippen LogP contribution in [0.25, 0.3) is 0 Å². The number of hydrogen-bond acceptors (Lipinski definition) is 6. The minimum Gasteiger partial charge on any atom is -0.497 e. The number of rotatable bonds is 9. The van der Waals surface area contributed by atoms with Crippen molar-refractivity contribution in [2.24, 2.45) is 0 Å². The quantitative estimate of drug-likeness (QED) is 0.470. The minimum atomic E-state index is -0.235.